The molecule has 0 radical (unpaired) electrons. The van der Waals surface area contributed by atoms with E-state index in [0.717, 1.165) is 24.1 Å². The summed E-state index contributed by atoms with van der Waals surface area (Å²) in [5.41, 5.74) is 7.12. The van der Waals surface area contributed by atoms with Gasteiger partial charge in [-0.05, 0) is 36.6 Å². The van der Waals surface area contributed by atoms with Crippen molar-refractivity contribution in [2.75, 3.05) is 25.0 Å². The number of aromatic nitrogens is 2. The Morgan fingerprint density at radius 3 is 2.75 bits per heavy atom. The van der Waals surface area contributed by atoms with Gasteiger partial charge in [-0.2, -0.15) is 0 Å². The number of ether oxygens (including phenoxy) is 1. The van der Waals surface area contributed by atoms with Crippen molar-refractivity contribution in [3.05, 3.63) is 66.1 Å². The Hall–Kier alpha value is -3.53. The Bertz CT molecular complexity index is 1050. The highest BCUT2D eigenvalue weighted by atomic mass is 19.1. The summed E-state index contributed by atoms with van der Waals surface area (Å²) in [4.78, 5) is 29.4. The molecule has 3 aliphatic rings. The number of aliphatic imine (C=N–C) groups is 1. The van der Waals surface area contributed by atoms with E-state index in [4.69, 9.17) is 20.4 Å². The molecule has 9 nitrogen and oxygen atoms in total. The van der Waals surface area contributed by atoms with E-state index in [9.17, 15) is 9.18 Å². The molecule has 2 atom stereocenters. The number of fused-ring (bicyclic) bond motifs is 1. The predicted octanol–water partition coefficient (Wildman–Crippen LogP) is 1.93. The number of nitrogens with two attached hydrogens (primary N) is 1. The van der Waals surface area contributed by atoms with Crippen molar-refractivity contribution in [3.8, 4) is 0 Å². The normalized spacial score (nSPS) is 22.5. The summed E-state index contributed by atoms with van der Waals surface area (Å²) in [7, 11) is 0. The zero-order valence-electron chi connectivity index (χ0n) is 17.4. The predicted molar refractivity (Wildman–Crippen MR) is 116 cm³/mol. The lowest BCUT2D eigenvalue weighted by Crippen LogP contribution is -2.44. The van der Waals surface area contributed by atoms with Gasteiger partial charge in [0.1, 0.15) is 24.2 Å². The number of benzene rings is 1. The van der Waals surface area contributed by atoms with Crippen molar-refractivity contribution in [2.24, 2.45) is 10.7 Å². The number of hydrogen-bond acceptors (Lipinski definition) is 8. The zero-order valence-corrected chi connectivity index (χ0v) is 17.4. The number of carbonyl (C=O) groups is 1. The molecule has 2 aromatic rings. The van der Waals surface area contributed by atoms with Crippen molar-refractivity contribution >= 4 is 17.9 Å². The highest BCUT2D eigenvalue weighted by Gasteiger charge is 2.41. The number of nitrogens with zero attached hydrogens (tertiary/aromatic N) is 5. The molecular weight excluding hydrogens is 413 g/mol. The Balaban J connectivity index is 1.34. The molecule has 0 spiro atoms. The van der Waals surface area contributed by atoms with Gasteiger partial charge in [-0.25, -0.2) is 19.4 Å². The molecule has 0 bridgehead atoms. The van der Waals surface area contributed by atoms with Crippen LogP contribution in [-0.4, -0.2) is 57.4 Å². The molecule has 1 fully saturated rings. The molecule has 0 aliphatic carbocycles. The average molecular weight is 437 g/mol. The Morgan fingerprint density at radius 2 is 2.00 bits per heavy atom. The van der Waals surface area contributed by atoms with Crippen LogP contribution in [0.1, 0.15) is 36.2 Å². The zero-order chi connectivity index (χ0) is 22.1. The van der Waals surface area contributed by atoms with Crippen LogP contribution in [0.2, 0.25) is 0 Å². The van der Waals surface area contributed by atoms with Gasteiger partial charge < -0.3 is 20.7 Å². The summed E-state index contributed by atoms with van der Waals surface area (Å²) >= 11 is 0. The molecule has 1 aromatic heterocycles. The topological polar surface area (TPSA) is 109 Å². The molecule has 166 valence electrons. The van der Waals surface area contributed by atoms with Gasteiger partial charge >= 0.3 is 0 Å². The van der Waals surface area contributed by atoms with E-state index >= 15 is 0 Å². The van der Waals surface area contributed by atoms with Crippen molar-refractivity contribution < 1.29 is 13.9 Å². The fourth-order valence-electron chi connectivity index (χ4n) is 4.34. The van der Waals surface area contributed by atoms with E-state index in [-0.39, 0.29) is 36.4 Å². The van der Waals surface area contributed by atoms with Gasteiger partial charge in [0, 0.05) is 31.5 Å². The van der Waals surface area contributed by atoms with Crippen LogP contribution < -0.4 is 11.1 Å². The molecule has 3 N–H and O–H groups in total. The van der Waals surface area contributed by atoms with E-state index in [1.165, 1.54) is 12.1 Å². The first-order valence-electron chi connectivity index (χ1n) is 10.6. The monoisotopic (exact) mass is 437 g/mol. The van der Waals surface area contributed by atoms with Crippen molar-refractivity contribution in [3.63, 3.8) is 0 Å². The number of amidine groups is 1. The van der Waals surface area contributed by atoms with Crippen LogP contribution in [-0.2, 0) is 9.53 Å². The minimum Gasteiger partial charge on any atom is -0.432 e. The SMILES string of the molecule is NCC(=O)N1CCC(Nc2nccc(C3C(c4ccc(F)cc4)N=C4OC=CN43)n2)CC1. The number of nitrogens with one attached hydrogen (secondary N) is 1. The van der Waals surface area contributed by atoms with E-state index in [1.54, 1.807) is 29.5 Å². The van der Waals surface area contributed by atoms with Crippen molar-refractivity contribution in [1.29, 1.82) is 0 Å². The number of carbonyl (C=O) groups excluding carboxylic acids is 1. The first-order chi connectivity index (χ1) is 15.6. The van der Waals surface area contributed by atoms with Gasteiger partial charge in [-0.15, -0.1) is 0 Å². The third-order valence-electron chi connectivity index (χ3n) is 6.01. The van der Waals surface area contributed by atoms with Crippen molar-refractivity contribution in [1.82, 2.24) is 19.8 Å². The van der Waals surface area contributed by atoms with Crippen LogP contribution >= 0.6 is 0 Å². The standard InChI is InChI=1S/C22H24FN7O2/c23-15-3-1-14(2-4-15)19-20(30-11-12-32-22(30)28-19)17-5-8-25-21(27-17)26-16-6-9-29(10-7-16)18(31)13-24/h1-5,8,11-12,16,19-20H,6-7,9-10,13,24H2,(H,25,26,27). The first-order valence-corrected chi connectivity index (χ1v) is 10.6. The Kier molecular flexibility index (Phi) is 5.44. The second-order valence-corrected chi connectivity index (χ2v) is 7.97. The lowest BCUT2D eigenvalue weighted by Gasteiger charge is -2.32. The van der Waals surface area contributed by atoms with Gasteiger partial charge in [0.25, 0.3) is 6.02 Å². The third kappa shape index (κ3) is 3.89. The van der Waals surface area contributed by atoms with Crippen LogP contribution in [0.4, 0.5) is 10.3 Å². The molecule has 1 aromatic carbocycles. The van der Waals surface area contributed by atoms with Gasteiger partial charge in [0.2, 0.25) is 11.9 Å². The minimum absolute atomic E-state index is 0.0218. The Morgan fingerprint density at radius 1 is 1.22 bits per heavy atom. The van der Waals surface area contributed by atoms with Gasteiger partial charge in [-0.1, -0.05) is 12.1 Å². The summed E-state index contributed by atoms with van der Waals surface area (Å²) in [5, 5.41) is 3.40. The maximum atomic E-state index is 13.4. The molecule has 32 heavy (non-hydrogen) atoms. The third-order valence-corrected chi connectivity index (χ3v) is 6.01. The smallest absolute Gasteiger partial charge is 0.298 e. The van der Waals surface area contributed by atoms with E-state index in [2.05, 4.69) is 10.3 Å². The van der Waals surface area contributed by atoms with Crippen LogP contribution in [0, 0.1) is 5.82 Å². The van der Waals surface area contributed by atoms with E-state index < -0.39 is 0 Å². The minimum atomic E-state index is -0.291. The number of rotatable bonds is 5. The molecule has 10 heteroatoms. The largest absolute Gasteiger partial charge is 0.432 e. The van der Waals surface area contributed by atoms with Gasteiger partial charge in [0.05, 0.1) is 12.2 Å². The van der Waals surface area contributed by atoms with Crippen LogP contribution in [0.15, 0.2) is 54.0 Å². The van der Waals surface area contributed by atoms with Crippen LogP contribution in [0.25, 0.3) is 0 Å². The first kappa shape index (κ1) is 20.4. The lowest BCUT2D eigenvalue weighted by atomic mass is 9.97. The quantitative estimate of drug-likeness (QED) is 0.736. The molecular formula is C22H24FN7O2. The summed E-state index contributed by atoms with van der Waals surface area (Å²) in [5.74, 6) is 0.216. The van der Waals surface area contributed by atoms with Crippen LogP contribution in [0.5, 0.6) is 0 Å². The summed E-state index contributed by atoms with van der Waals surface area (Å²) < 4.78 is 19.0. The molecule has 4 heterocycles. The fraction of sp³-hybridized carbons (Fsp3) is 0.364. The number of hydrogen-bond donors (Lipinski definition) is 2. The number of likely N-dealkylation sites (tertiary alicyclic amines) is 1. The molecule has 1 amide bonds. The fourth-order valence-corrected chi connectivity index (χ4v) is 4.34. The Labute approximate surface area is 184 Å². The second kappa shape index (κ2) is 8.54. The summed E-state index contributed by atoms with van der Waals surface area (Å²) in [6, 6.07) is 8.34. The van der Waals surface area contributed by atoms with Gasteiger partial charge in [-0.3, -0.25) is 9.69 Å². The lowest BCUT2D eigenvalue weighted by molar-refractivity contribution is -0.130. The van der Waals surface area contributed by atoms with Crippen molar-refractivity contribution in [2.45, 2.75) is 31.0 Å². The number of anilines is 1. The highest BCUT2D eigenvalue weighted by Crippen LogP contribution is 2.43. The second-order valence-electron chi connectivity index (χ2n) is 7.97. The van der Waals surface area contributed by atoms with Gasteiger partial charge in [0.15, 0.2) is 0 Å². The molecule has 3 aliphatic heterocycles. The number of halogens is 1. The maximum absolute atomic E-state index is 13.4. The van der Waals surface area contributed by atoms with Crippen LogP contribution in [0.3, 0.4) is 0 Å². The summed E-state index contributed by atoms with van der Waals surface area (Å²) in [6.45, 7) is 1.37. The highest BCUT2D eigenvalue weighted by molar-refractivity contribution is 5.80. The number of piperidine rings is 1. The van der Waals surface area contributed by atoms with E-state index in [1.807, 2.05) is 17.2 Å². The number of amides is 1. The summed E-state index contributed by atoms with van der Waals surface area (Å²) in [6.07, 6.45) is 6.74. The van der Waals surface area contributed by atoms with E-state index in [0.29, 0.717) is 25.1 Å². The molecule has 1 saturated heterocycles. The average Bonchev–Trinajstić information content (AvgIpc) is 3.41. The molecule has 2 unspecified atom stereocenters. The maximum Gasteiger partial charge on any atom is 0.298 e. The molecule has 5 rings (SSSR count). The molecule has 0 saturated carbocycles.